The average molecular weight is 438 g/mol. The molecule has 4 heterocycles. The molecule has 0 aliphatic carbocycles. The first kappa shape index (κ1) is 22.2. The molecular formula is C24H31N5O3. The van der Waals surface area contributed by atoms with E-state index in [-0.39, 0.29) is 22.5 Å². The molecule has 0 bridgehead atoms. The fraction of sp³-hybridized carbons (Fsp3) is 0.500. The summed E-state index contributed by atoms with van der Waals surface area (Å²) in [6, 6.07) is 5.29. The minimum atomic E-state index is -0.228. The molecule has 1 N–H and O–H groups in total. The lowest BCUT2D eigenvalue weighted by Gasteiger charge is -2.30. The first-order valence-corrected chi connectivity index (χ1v) is 11.4. The molecule has 1 amide bonds. The van der Waals surface area contributed by atoms with E-state index in [4.69, 9.17) is 15.1 Å². The van der Waals surface area contributed by atoms with Crippen molar-refractivity contribution in [3.63, 3.8) is 0 Å². The van der Waals surface area contributed by atoms with Crippen molar-refractivity contribution >= 4 is 22.6 Å². The second-order valence-electron chi connectivity index (χ2n) is 8.62. The van der Waals surface area contributed by atoms with Crippen molar-refractivity contribution < 1.29 is 9.53 Å². The van der Waals surface area contributed by atoms with E-state index in [2.05, 4.69) is 6.92 Å². The number of nitrogens with zero attached hydrogens (tertiary/aromatic N) is 4. The zero-order chi connectivity index (χ0) is 22.8. The highest BCUT2D eigenvalue weighted by molar-refractivity contribution is 5.97. The Morgan fingerprint density at radius 2 is 2.03 bits per heavy atom. The molecule has 0 radical (unpaired) electrons. The number of hydrogen-bond donors (Lipinski definition) is 1. The van der Waals surface area contributed by atoms with Gasteiger partial charge in [0.1, 0.15) is 16.8 Å². The lowest BCUT2D eigenvalue weighted by molar-refractivity contribution is 0.0694. The van der Waals surface area contributed by atoms with Crippen molar-refractivity contribution in [2.45, 2.75) is 46.6 Å². The largest absolute Gasteiger partial charge is 0.382 e. The molecule has 1 aliphatic heterocycles. The molecule has 0 unspecified atom stereocenters. The Bertz CT molecular complexity index is 1270. The van der Waals surface area contributed by atoms with Crippen LogP contribution in [0.25, 0.3) is 16.7 Å². The maximum absolute atomic E-state index is 13.4. The molecule has 1 fully saturated rings. The van der Waals surface area contributed by atoms with Crippen LogP contribution in [-0.4, -0.2) is 51.1 Å². The number of aryl methyl sites for hydroxylation is 2. The van der Waals surface area contributed by atoms with Crippen molar-refractivity contribution in [2.75, 3.05) is 26.3 Å². The van der Waals surface area contributed by atoms with Gasteiger partial charge in [0, 0.05) is 39.0 Å². The Labute approximate surface area is 187 Å². The Morgan fingerprint density at radius 1 is 1.28 bits per heavy atom. The van der Waals surface area contributed by atoms with Crippen LogP contribution in [0.15, 0.2) is 29.2 Å². The number of hydrogen-bond acceptors (Lipinski definition) is 5. The summed E-state index contributed by atoms with van der Waals surface area (Å²) in [5.74, 6) is 0.411. The fourth-order valence-corrected chi connectivity index (χ4v) is 4.33. The molecule has 0 aromatic carbocycles. The quantitative estimate of drug-likeness (QED) is 0.474. The Hall–Kier alpha value is -3.00. The molecule has 8 heteroatoms. The summed E-state index contributed by atoms with van der Waals surface area (Å²) < 4.78 is 8.68. The lowest BCUT2D eigenvalue weighted by atomic mass is 9.98. The molecule has 4 rings (SSSR count). The van der Waals surface area contributed by atoms with Crippen LogP contribution in [-0.2, 0) is 11.3 Å². The predicted molar refractivity (Wildman–Crippen MR) is 123 cm³/mol. The molecule has 8 nitrogen and oxygen atoms in total. The number of rotatable bonds is 6. The summed E-state index contributed by atoms with van der Waals surface area (Å²) >= 11 is 0. The zero-order valence-electron chi connectivity index (χ0n) is 19.1. The van der Waals surface area contributed by atoms with Crippen LogP contribution in [0.2, 0.25) is 0 Å². The van der Waals surface area contributed by atoms with Gasteiger partial charge in [-0.2, -0.15) is 0 Å². The molecular weight excluding hydrogens is 406 g/mol. The van der Waals surface area contributed by atoms with E-state index < -0.39 is 0 Å². The molecule has 3 aromatic rings. The van der Waals surface area contributed by atoms with Crippen LogP contribution in [0.1, 0.15) is 49.0 Å². The van der Waals surface area contributed by atoms with Gasteiger partial charge < -0.3 is 14.2 Å². The Kier molecular flexibility index (Phi) is 6.41. The Morgan fingerprint density at radius 3 is 2.75 bits per heavy atom. The highest BCUT2D eigenvalue weighted by atomic mass is 16.5. The molecule has 1 saturated heterocycles. The molecule has 3 aromatic heterocycles. The maximum atomic E-state index is 13.4. The fourth-order valence-electron chi connectivity index (χ4n) is 4.33. The minimum absolute atomic E-state index is 0.0995. The van der Waals surface area contributed by atoms with Gasteiger partial charge in [0.2, 0.25) is 0 Å². The zero-order valence-corrected chi connectivity index (χ0v) is 19.1. The topological polar surface area (TPSA) is 92.7 Å². The van der Waals surface area contributed by atoms with Gasteiger partial charge in [0.05, 0.1) is 10.9 Å². The van der Waals surface area contributed by atoms with Crippen LogP contribution < -0.4 is 11.0 Å². The number of likely N-dealkylation sites (tertiary alicyclic amines) is 1. The summed E-state index contributed by atoms with van der Waals surface area (Å²) in [4.78, 5) is 33.3. The number of amides is 1. The molecule has 0 saturated carbocycles. The summed E-state index contributed by atoms with van der Waals surface area (Å²) in [5, 5.41) is 9.21. The number of pyridine rings is 2. The number of carbonyl (C=O) groups is 1. The molecule has 1 aliphatic rings. The van der Waals surface area contributed by atoms with Gasteiger partial charge in [-0.25, -0.2) is 4.98 Å². The maximum Gasteiger partial charge on any atom is 0.267 e. The first-order valence-electron chi connectivity index (χ1n) is 11.4. The standard InChI is InChI=1S/C24H31N5O3/c1-4-32-14-6-11-28-20(25)18(23(30)27-12-8-16(2)9-13-27)15-19-22(28)26-21-17(3)7-5-10-29(21)24(19)31/h5,7,10,15-16,25H,4,6,8-9,11-14H2,1-3H3. The average Bonchev–Trinajstić information content (AvgIpc) is 2.79. The minimum Gasteiger partial charge on any atom is -0.382 e. The third-order valence-electron chi connectivity index (χ3n) is 6.31. The summed E-state index contributed by atoms with van der Waals surface area (Å²) in [7, 11) is 0. The number of carbonyl (C=O) groups excluding carboxylic acids is 1. The second kappa shape index (κ2) is 9.24. The monoisotopic (exact) mass is 437 g/mol. The van der Waals surface area contributed by atoms with Crippen molar-refractivity contribution in [3.05, 3.63) is 51.4 Å². The number of fused-ring (bicyclic) bond motifs is 2. The van der Waals surface area contributed by atoms with Crippen LogP contribution in [0.4, 0.5) is 0 Å². The second-order valence-corrected chi connectivity index (χ2v) is 8.62. The number of nitrogens with one attached hydrogen (secondary N) is 1. The van der Waals surface area contributed by atoms with Crippen LogP contribution in [0.3, 0.4) is 0 Å². The smallest absolute Gasteiger partial charge is 0.267 e. The summed E-state index contributed by atoms with van der Waals surface area (Å²) in [6.07, 6.45) is 4.26. The molecule has 170 valence electrons. The normalized spacial score (nSPS) is 15.0. The van der Waals surface area contributed by atoms with Gasteiger partial charge in [0.15, 0.2) is 0 Å². The van der Waals surface area contributed by atoms with Crippen molar-refractivity contribution in [2.24, 2.45) is 5.92 Å². The predicted octanol–water partition coefficient (Wildman–Crippen LogP) is 2.74. The van der Waals surface area contributed by atoms with Gasteiger partial charge in [-0.1, -0.05) is 13.0 Å². The molecule has 0 spiro atoms. The van der Waals surface area contributed by atoms with Crippen molar-refractivity contribution in [1.29, 1.82) is 5.41 Å². The third-order valence-corrected chi connectivity index (χ3v) is 6.31. The van der Waals surface area contributed by atoms with Crippen LogP contribution in [0.5, 0.6) is 0 Å². The summed E-state index contributed by atoms with van der Waals surface area (Å²) in [6.45, 7) is 9.00. The first-order chi connectivity index (χ1) is 15.4. The van der Waals surface area contributed by atoms with Gasteiger partial charge in [-0.05, 0) is 56.7 Å². The summed E-state index contributed by atoms with van der Waals surface area (Å²) in [5.41, 5.74) is 2.01. The van der Waals surface area contributed by atoms with E-state index in [0.717, 1.165) is 18.4 Å². The molecule has 0 atom stereocenters. The number of aromatic nitrogens is 3. The van der Waals surface area contributed by atoms with E-state index in [1.54, 1.807) is 21.7 Å². The molecule has 32 heavy (non-hydrogen) atoms. The SMILES string of the molecule is CCOCCCn1c(=N)c(C(=O)N2CCC(C)CC2)cc2c(=O)n3cccc(C)c3nc21. The van der Waals surface area contributed by atoms with Gasteiger partial charge >= 0.3 is 0 Å². The highest BCUT2D eigenvalue weighted by Crippen LogP contribution is 2.19. The van der Waals surface area contributed by atoms with Gasteiger partial charge in [-0.15, -0.1) is 0 Å². The van der Waals surface area contributed by atoms with Gasteiger partial charge in [-0.3, -0.25) is 19.4 Å². The van der Waals surface area contributed by atoms with Crippen molar-refractivity contribution in [3.8, 4) is 0 Å². The van der Waals surface area contributed by atoms with E-state index in [0.29, 0.717) is 61.9 Å². The highest BCUT2D eigenvalue weighted by Gasteiger charge is 2.25. The number of ether oxygens (including phenoxy) is 1. The van der Waals surface area contributed by atoms with Crippen LogP contribution >= 0.6 is 0 Å². The van der Waals surface area contributed by atoms with E-state index in [9.17, 15) is 9.59 Å². The van der Waals surface area contributed by atoms with E-state index in [1.165, 1.54) is 4.40 Å². The Balaban J connectivity index is 1.89. The lowest BCUT2D eigenvalue weighted by Crippen LogP contribution is -2.41. The van der Waals surface area contributed by atoms with E-state index in [1.807, 2.05) is 26.0 Å². The van der Waals surface area contributed by atoms with Gasteiger partial charge in [0.25, 0.3) is 11.5 Å². The van der Waals surface area contributed by atoms with Crippen molar-refractivity contribution in [1.82, 2.24) is 18.9 Å². The van der Waals surface area contributed by atoms with E-state index >= 15 is 0 Å². The number of piperidine rings is 1. The van der Waals surface area contributed by atoms with Crippen LogP contribution in [0, 0.1) is 18.3 Å². The third kappa shape index (κ3) is 4.07.